The van der Waals surface area contributed by atoms with Crippen molar-refractivity contribution in [2.75, 3.05) is 5.32 Å². The first-order valence-electron chi connectivity index (χ1n) is 8.59. The second-order valence-corrected chi connectivity index (χ2v) is 9.46. The molecule has 30 heavy (non-hydrogen) atoms. The SMILES string of the molecule is Cc1ccc(NC(=O)C(OC(=O)c2csc(S(N)(=O)=O)c2)c2ccccc2)cc1Cl. The molecule has 0 aliphatic rings. The van der Waals surface area contributed by atoms with Crippen LogP contribution in [0.4, 0.5) is 5.69 Å². The number of halogens is 1. The lowest BCUT2D eigenvalue weighted by Crippen LogP contribution is -2.25. The summed E-state index contributed by atoms with van der Waals surface area (Å²) in [4.78, 5) is 25.5. The second-order valence-electron chi connectivity index (χ2n) is 6.35. The van der Waals surface area contributed by atoms with Crippen molar-refractivity contribution in [3.8, 4) is 0 Å². The van der Waals surface area contributed by atoms with E-state index in [0.29, 0.717) is 16.3 Å². The summed E-state index contributed by atoms with van der Waals surface area (Å²) in [6.07, 6.45) is -1.27. The van der Waals surface area contributed by atoms with E-state index >= 15 is 0 Å². The molecule has 1 amide bonds. The van der Waals surface area contributed by atoms with Gasteiger partial charge in [0, 0.05) is 21.7 Å². The van der Waals surface area contributed by atoms with Gasteiger partial charge >= 0.3 is 5.97 Å². The third-order valence-electron chi connectivity index (χ3n) is 4.10. The number of hydrogen-bond acceptors (Lipinski definition) is 6. The molecular formula is C20H17ClN2O5S2. The molecule has 3 N–H and O–H groups in total. The molecular weight excluding hydrogens is 448 g/mol. The Labute approximate surface area is 182 Å². The number of benzene rings is 2. The Kier molecular flexibility index (Phi) is 6.57. The minimum atomic E-state index is -3.94. The Morgan fingerprint density at radius 2 is 1.83 bits per heavy atom. The smallest absolute Gasteiger partial charge is 0.340 e. The number of anilines is 1. The Balaban J connectivity index is 1.85. The molecule has 1 atom stereocenters. The third kappa shape index (κ3) is 5.25. The number of aryl methyl sites for hydroxylation is 1. The van der Waals surface area contributed by atoms with E-state index in [-0.39, 0.29) is 9.77 Å². The zero-order valence-corrected chi connectivity index (χ0v) is 18.1. The maximum atomic E-state index is 12.9. The number of hydrogen-bond donors (Lipinski definition) is 2. The van der Waals surface area contributed by atoms with Crippen molar-refractivity contribution >= 4 is 50.5 Å². The number of esters is 1. The number of carbonyl (C=O) groups is 2. The van der Waals surface area contributed by atoms with E-state index in [9.17, 15) is 18.0 Å². The fourth-order valence-electron chi connectivity index (χ4n) is 2.53. The molecule has 0 fully saturated rings. The Morgan fingerprint density at radius 1 is 1.13 bits per heavy atom. The van der Waals surface area contributed by atoms with E-state index in [1.165, 1.54) is 5.38 Å². The summed E-state index contributed by atoms with van der Waals surface area (Å²) in [6, 6.07) is 14.6. The summed E-state index contributed by atoms with van der Waals surface area (Å²) in [5.74, 6) is -1.44. The number of nitrogens with two attached hydrogens (primary N) is 1. The zero-order chi connectivity index (χ0) is 21.9. The van der Waals surface area contributed by atoms with Crippen molar-refractivity contribution < 1.29 is 22.7 Å². The van der Waals surface area contributed by atoms with Crippen molar-refractivity contribution in [2.24, 2.45) is 5.14 Å². The van der Waals surface area contributed by atoms with Crippen molar-refractivity contribution in [1.82, 2.24) is 0 Å². The minimum Gasteiger partial charge on any atom is -0.444 e. The number of sulfonamides is 1. The molecule has 0 saturated carbocycles. The Hall–Kier alpha value is -2.72. The molecule has 0 bridgehead atoms. The maximum absolute atomic E-state index is 12.9. The number of nitrogens with one attached hydrogen (secondary N) is 1. The molecule has 156 valence electrons. The van der Waals surface area contributed by atoms with Crippen LogP contribution in [0.25, 0.3) is 0 Å². The van der Waals surface area contributed by atoms with Gasteiger partial charge in [0.05, 0.1) is 5.56 Å². The maximum Gasteiger partial charge on any atom is 0.340 e. The predicted molar refractivity (Wildman–Crippen MR) is 115 cm³/mol. The van der Waals surface area contributed by atoms with Crippen LogP contribution in [-0.4, -0.2) is 20.3 Å². The molecule has 3 aromatic rings. The highest BCUT2D eigenvalue weighted by Crippen LogP contribution is 2.26. The minimum absolute atomic E-state index is 0.0175. The van der Waals surface area contributed by atoms with Crippen LogP contribution in [0, 0.1) is 6.92 Å². The number of ether oxygens (including phenoxy) is 1. The molecule has 0 aliphatic carbocycles. The number of carbonyl (C=O) groups excluding carboxylic acids is 2. The monoisotopic (exact) mass is 464 g/mol. The van der Waals surface area contributed by atoms with Gasteiger partial charge in [0.25, 0.3) is 5.91 Å². The van der Waals surface area contributed by atoms with E-state index in [1.807, 2.05) is 6.92 Å². The van der Waals surface area contributed by atoms with Crippen LogP contribution in [0.2, 0.25) is 5.02 Å². The van der Waals surface area contributed by atoms with Gasteiger partial charge in [0.15, 0.2) is 0 Å². The van der Waals surface area contributed by atoms with Gasteiger partial charge in [0.2, 0.25) is 16.1 Å². The summed E-state index contributed by atoms with van der Waals surface area (Å²) in [5.41, 5.74) is 1.73. The number of rotatable bonds is 6. The first kappa shape index (κ1) is 22.0. The van der Waals surface area contributed by atoms with Gasteiger partial charge in [-0.25, -0.2) is 18.4 Å². The average molecular weight is 465 g/mol. The van der Waals surface area contributed by atoms with Gasteiger partial charge in [-0.2, -0.15) is 0 Å². The Bertz CT molecular complexity index is 1190. The van der Waals surface area contributed by atoms with Gasteiger partial charge < -0.3 is 10.1 Å². The summed E-state index contributed by atoms with van der Waals surface area (Å²) < 4.78 is 28.1. The topological polar surface area (TPSA) is 116 Å². The first-order chi connectivity index (χ1) is 14.1. The van der Waals surface area contributed by atoms with Crippen molar-refractivity contribution in [3.63, 3.8) is 0 Å². The highest BCUT2D eigenvalue weighted by molar-refractivity contribution is 7.91. The van der Waals surface area contributed by atoms with Crippen LogP contribution < -0.4 is 10.5 Å². The van der Waals surface area contributed by atoms with Gasteiger partial charge in [-0.3, -0.25) is 4.79 Å². The Morgan fingerprint density at radius 3 is 2.43 bits per heavy atom. The largest absolute Gasteiger partial charge is 0.444 e. The summed E-state index contributed by atoms with van der Waals surface area (Å²) >= 11 is 6.90. The van der Waals surface area contributed by atoms with Crippen LogP contribution in [0.5, 0.6) is 0 Å². The molecule has 0 saturated heterocycles. The van der Waals surface area contributed by atoms with E-state index in [0.717, 1.165) is 23.0 Å². The summed E-state index contributed by atoms with van der Waals surface area (Å²) in [6.45, 7) is 1.83. The molecule has 10 heteroatoms. The molecule has 0 radical (unpaired) electrons. The average Bonchev–Trinajstić information content (AvgIpc) is 3.20. The fraction of sp³-hybridized carbons (Fsp3) is 0.100. The van der Waals surface area contributed by atoms with Crippen LogP contribution >= 0.6 is 22.9 Å². The van der Waals surface area contributed by atoms with E-state index in [4.69, 9.17) is 21.5 Å². The van der Waals surface area contributed by atoms with Gasteiger partial charge in [-0.15, -0.1) is 11.3 Å². The van der Waals surface area contributed by atoms with E-state index in [1.54, 1.807) is 48.5 Å². The van der Waals surface area contributed by atoms with Crippen LogP contribution in [0.1, 0.15) is 27.6 Å². The van der Waals surface area contributed by atoms with Crippen LogP contribution in [0.3, 0.4) is 0 Å². The second kappa shape index (κ2) is 8.97. The standard InChI is InChI=1S/C20H17ClN2O5S2/c1-12-7-8-15(10-16(12)21)23-19(24)18(13-5-3-2-4-6-13)28-20(25)14-9-17(29-11-14)30(22,26)27/h2-11,18H,1H3,(H,23,24)(H2,22,26,27). The molecule has 0 spiro atoms. The fourth-order valence-corrected chi connectivity index (χ4v) is 4.28. The van der Waals surface area contributed by atoms with Gasteiger partial charge in [-0.1, -0.05) is 48.0 Å². The van der Waals surface area contributed by atoms with Crippen LogP contribution in [-0.2, 0) is 19.6 Å². The normalized spacial score (nSPS) is 12.2. The molecule has 7 nitrogen and oxygen atoms in total. The quantitative estimate of drug-likeness (QED) is 0.537. The van der Waals surface area contributed by atoms with Crippen LogP contribution in [0.15, 0.2) is 64.2 Å². The highest BCUT2D eigenvalue weighted by atomic mass is 35.5. The summed E-state index contributed by atoms with van der Waals surface area (Å²) in [5, 5.41) is 9.54. The number of primary sulfonamides is 1. The predicted octanol–water partition coefficient (Wildman–Crippen LogP) is 3.89. The van der Waals surface area contributed by atoms with Gasteiger partial charge in [-0.05, 0) is 30.7 Å². The molecule has 2 aromatic carbocycles. The molecule has 1 heterocycles. The zero-order valence-electron chi connectivity index (χ0n) is 15.7. The first-order valence-corrected chi connectivity index (χ1v) is 11.4. The van der Waals surface area contributed by atoms with Gasteiger partial charge in [0.1, 0.15) is 4.21 Å². The van der Waals surface area contributed by atoms with E-state index in [2.05, 4.69) is 5.32 Å². The lowest BCUT2D eigenvalue weighted by atomic mass is 10.1. The molecule has 0 aliphatic heterocycles. The lowest BCUT2D eigenvalue weighted by molar-refractivity contribution is -0.125. The molecule has 1 unspecified atom stereocenters. The number of amides is 1. The third-order valence-corrected chi connectivity index (χ3v) is 6.89. The summed E-state index contributed by atoms with van der Waals surface area (Å²) in [7, 11) is -3.94. The van der Waals surface area contributed by atoms with Crippen molar-refractivity contribution in [2.45, 2.75) is 17.2 Å². The van der Waals surface area contributed by atoms with Crippen molar-refractivity contribution in [3.05, 3.63) is 81.7 Å². The number of thiophene rings is 1. The van der Waals surface area contributed by atoms with E-state index < -0.39 is 28.0 Å². The molecule has 1 aromatic heterocycles. The van der Waals surface area contributed by atoms with Crippen molar-refractivity contribution in [1.29, 1.82) is 0 Å². The molecule has 3 rings (SSSR count). The lowest BCUT2D eigenvalue weighted by Gasteiger charge is -2.18. The highest BCUT2D eigenvalue weighted by Gasteiger charge is 2.27.